The van der Waals surface area contributed by atoms with Crippen LogP contribution in [-0.2, 0) is 11.3 Å². The van der Waals surface area contributed by atoms with Crippen molar-refractivity contribution in [2.45, 2.75) is 20.5 Å². The summed E-state index contributed by atoms with van der Waals surface area (Å²) in [6, 6.07) is 7.45. The quantitative estimate of drug-likeness (QED) is 0.767. The van der Waals surface area contributed by atoms with E-state index in [0.717, 1.165) is 30.9 Å². The Bertz CT molecular complexity index is 406. The number of hydrogen-bond acceptors (Lipinski definition) is 3. The monoisotopic (exact) mass is 279 g/mol. The van der Waals surface area contributed by atoms with Gasteiger partial charge in [0.1, 0.15) is 0 Å². The van der Waals surface area contributed by atoms with Crippen LogP contribution in [0.2, 0.25) is 0 Å². The molecule has 0 heterocycles. The molecule has 1 rings (SSSR count). The number of para-hydroxylation sites is 1. The van der Waals surface area contributed by atoms with E-state index in [0.29, 0.717) is 13.2 Å². The van der Waals surface area contributed by atoms with Crippen molar-refractivity contribution in [2.24, 2.45) is 0 Å². The molecule has 0 bridgehead atoms. The molecular formula is C15H25N3O2. The highest BCUT2D eigenvalue weighted by molar-refractivity contribution is 5.90. The number of ether oxygens (including phenoxy) is 1. The van der Waals surface area contributed by atoms with Crippen LogP contribution in [0, 0.1) is 0 Å². The first-order valence-electron chi connectivity index (χ1n) is 7.05. The van der Waals surface area contributed by atoms with Crippen LogP contribution >= 0.6 is 0 Å². The summed E-state index contributed by atoms with van der Waals surface area (Å²) in [7, 11) is 1.64. The summed E-state index contributed by atoms with van der Waals surface area (Å²) in [6.07, 6.45) is 0. The molecule has 5 nitrogen and oxygen atoms in total. The fourth-order valence-electron chi connectivity index (χ4n) is 1.96. The summed E-state index contributed by atoms with van der Waals surface area (Å²) in [5.74, 6) is 0. The van der Waals surface area contributed by atoms with Crippen LogP contribution in [0.15, 0.2) is 24.3 Å². The van der Waals surface area contributed by atoms with Gasteiger partial charge in [-0.2, -0.15) is 0 Å². The Morgan fingerprint density at radius 1 is 1.25 bits per heavy atom. The molecule has 1 aromatic rings. The van der Waals surface area contributed by atoms with Crippen LogP contribution in [0.4, 0.5) is 10.5 Å². The van der Waals surface area contributed by atoms with E-state index >= 15 is 0 Å². The zero-order chi connectivity index (χ0) is 14.8. The molecule has 112 valence electrons. The number of carbonyl (C=O) groups is 1. The van der Waals surface area contributed by atoms with Gasteiger partial charge in [0.05, 0.1) is 6.61 Å². The molecule has 20 heavy (non-hydrogen) atoms. The molecule has 0 saturated heterocycles. The predicted molar refractivity (Wildman–Crippen MR) is 82.0 cm³/mol. The topological polar surface area (TPSA) is 53.6 Å². The Hall–Kier alpha value is -1.59. The summed E-state index contributed by atoms with van der Waals surface area (Å²) in [4.78, 5) is 14.1. The smallest absolute Gasteiger partial charge is 0.319 e. The minimum Gasteiger partial charge on any atom is -0.380 e. The van der Waals surface area contributed by atoms with E-state index in [-0.39, 0.29) is 6.03 Å². The van der Waals surface area contributed by atoms with Crippen LogP contribution in [-0.4, -0.2) is 44.2 Å². The number of likely N-dealkylation sites (N-methyl/N-ethyl adjacent to an activating group) is 1. The molecule has 1 aromatic carbocycles. The maximum atomic E-state index is 11.8. The van der Waals surface area contributed by atoms with Gasteiger partial charge >= 0.3 is 6.03 Å². The third-order valence-corrected chi connectivity index (χ3v) is 3.17. The predicted octanol–water partition coefficient (Wildman–Crippen LogP) is 2.30. The molecule has 0 radical (unpaired) electrons. The van der Waals surface area contributed by atoms with Gasteiger partial charge in [-0.3, -0.25) is 0 Å². The maximum absolute atomic E-state index is 11.8. The lowest BCUT2D eigenvalue weighted by atomic mass is 10.2. The van der Waals surface area contributed by atoms with Gasteiger partial charge in [0, 0.05) is 31.5 Å². The lowest BCUT2D eigenvalue weighted by Gasteiger charge is -2.18. The Morgan fingerprint density at radius 3 is 2.60 bits per heavy atom. The standard InChI is InChI=1S/C15H25N3O2/c1-4-18(5-2)11-10-16-15(19)17-14-9-7-6-8-13(14)12-20-3/h6-9H,4-5,10-12H2,1-3H3,(H2,16,17,19). The van der Waals surface area contributed by atoms with Crippen molar-refractivity contribution in [3.05, 3.63) is 29.8 Å². The van der Waals surface area contributed by atoms with Gasteiger partial charge in [-0.1, -0.05) is 32.0 Å². The second-order valence-electron chi connectivity index (χ2n) is 4.50. The van der Waals surface area contributed by atoms with Crippen LogP contribution in [0.5, 0.6) is 0 Å². The van der Waals surface area contributed by atoms with Gasteiger partial charge in [-0.05, 0) is 19.2 Å². The highest BCUT2D eigenvalue weighted by atomic mass is 16.5. The van der Waals surface area contributed by atoms with Gasteiger partial charge in [-0.25, -0.2) is 4.79 Å². The molecule has 0 aliphatic carbocycles. The number of rotatable bonds is 8. The number of urea groups is 1. The number of nitrogens with zero attached hydrogens (tertiary/aromatic N) is 1. The van der Waals surface area contributed by atoms with Gasteiger partial charge in [0.2, 0.25) is 0 Å². The number of nitrogens with one attached hydrogen (secondary N) is 2. The Morgan fingerprint density at radius 2 is 1.95 bits per heavy atom. The molecule has 0 atom stereocenters. The molecule has 0 saturated carbocycles. The third kappa shape index (κ3) is 5.59. The summed E-state index contributed by atoms with van der Waals surface area (Å²) in [5, 5.41) is 5.72. The average Bonchev–Trinajstić information content (AvgIpc) is 2.46. The number of anilines is 1. The maximum Gasteiger partial charge on any atom is 0.319 e. The molecule has 5 heteroatoms. The molecule has 0 spiro atoms. The first-order chi connectivity index (χ1) is 9.71. The van der Waals surface area contributed by atoms with Crippen molar-refractivity contribution in [3.8, 4) is 0 Å². The zero-order valence-corrected chi connectivity index (χ0v) is 12.6. The molecule has 0 aliphatic heterocycles. The van der Waals surface area contributed by atoms with E-state index in [1.54, 1.807) is 7.11 Å². The second kappa shape index (κ2) is 9.34. The van der Waals surface area contributed by atoms with Crippen molar-refractivity contribution in [1.82, 2.24) is 10.2 Å². The Kier molecular flexibility index (Phi) is 7.69. The largest absolute Gasteiger partial charge is 0.380 e. The first-order valence-corrected chi connectivity index (χ1v) is 7.05. The van der Waals surface area contributed by atoms with E-state index in [9.17, 15) is 4.79 Å². The second-order valence-corrected chi connectivity index (χ2v) is 4.50. The molecular weight excluding hydrogens is 254 g/mol. The highest BCUT2D eigenvalue weighted by Crippen LogP contribution is 2.15. The van der Waals surface area contributed by atoms with Crippen LogP contribution in [0.3, 0.4) is 0 Å². The fraction of sp³-hybridized carbons (Fsp3) is 0.533. The zero-order valence-electron chi connectivity index (χ0n) is 12.6. The summed E-state index contributed by atoms with van der Waals surface area (Å²) in [5.41, 5.74) is 1.75. The van der Waals surface area contributed by atoms with Crippen molar-refractivity contribution in [2.75, 3.05) is 38.6 Å². The van der Waals surface area contributed by atoms with Crippen molar-refractivity contribution in [1.29, 1.82) is 0 Å². The third-order valence-electron chi connectivity index (χ3n) is 3.17. The van der Waals surface area contributed by atoms with Crippen molar-refractivity contribution < 1.29 is 9.53 Å². The Balaban J connectivity index is 2.42. The van der Waals surface area contributed by atoms with Crippen molar-refractivity contribution >= 4 is 11.7 Å². The average molecular weight is 279 g/mol. The number of hydrogen-bond donors (Lipinski definition) is 2. The first kappa shape index (κ1) is 16.5. The van der Waals surface area contributed by atoms with E-state index < -0.39 is 0 Å². The summed E-state index contributed by atoms with van der Waals surface area (Å²) < 4.78 is 5.11. The lowest BCUT2D eigenvalue weighted by Crippen LogP contribution is -2.37. The van der Waals surface area contributed by atoms with E-state index in [1.807, 2.05) is 24.3 Å². The lowest BCUT2D eigenvalue weighted by molar-refractivity contribution is 0.185. The van der Waals surface area contributed by atoms with Gasteiger partial charge < -0.3 is 20.3 Å². The SMILES string of the molecule is CCN(CC)CCNC(=O)Nc1ccccc1COC. The molecule has 0 aromatic heterocycles. The van der Waals surface area contributed by atoms with Crippen LogP contribution in [0.1, 0.15) is 19.4 Å². The number of methoxy groups -OCH3 is 1. The number of amides is 2. The van der Waals surface area contributed by atoms with Gasteiger partial charge in [0.25, 0.3) is 0 Å². The number of benzene rings is 1. The normalized spacial score (nSPS) is 10.6. The molecule has 0 aliphatic rings. The fourth-order valence-corrected chi connectivity index (χ4v) is 1.96. The number of carbonyl (C=O) groups excluding carboxylic acids is 1. The minimum atomic E-state index is -0.180. The Labute approximate surface area is 121 Å². The van der Waals surface area contributed by atoms with Crippen molar-refractivity contribution in [3.63, 3.8) is 0 Å². The van der Waals surface area contributed by atoms with E-state index in [1.165, 1.54) is 0 Å². The summed E-state index contributed by atoms with van der Waals surface area (Å²) >= 11 is 0. The highest BCUT2D eigenvalue weighted by Gasteiger charge is 2.06. The van der Waals surface area contributed by atoms with Crippen LogP contribution < -0.4 is 10.6 Å². The molecule has 2 N–H and O–H groups in total. The molecule has 0 fully saturated rings. The summed E-state index contributed by atoms with van der Waals surface area (Å²) in [6.45, 7) is 8.21. The molecule has 2 amide bonds. The van der Waals surface area contributed by atoms with E-state index in [4.69, 9.17) is 4.74 Å². The molecule has 0 unspecified atom stereocenters. The minimum absolute atomic E-state index is 0.180. The van der Waals surface area contributed by atoms with Crippen LogP contribution in [0.25, 0.3) is 0 Å². The van der Waals surface area contributed by atoms with E-state index in [2.05, 4.69) is 29.4 Å². The van der Waals surface area contributed by atoms with Gasteiger partial charge in [-0.15, -0.1) is 0 Å². The van der Waals surface area contributed by atoms with Gasteiger partial charge in [0.15, 0.2) is 0 Å².